The van der Waals surface area contributed by atoms with Crippen LogP contribution in [0.4, 0.5) is 0 Å². The fourth-order valence-electron chi connectivity index (χ4n) is 3.72. The predicted molar refractivity (Wildman–Crippen MR) is 92.0 cm³/mol. The van der Waals surface area contributed by atoms with Crippen molar-refractivity contribution in [3.05, 3.63) is 46.4 Å². The van der Waals surface area contributed by atoms with Gasteiger partial charge in [0.25, 0.3) is 5.56 Å². The van der Waals surface area contributed by atoms with Gasteiger partial charge in [-0.25, -0.2) is 4.52 Å². The number of hydrogen-bond donors (Lipinski definition) is 1. The quantitative estimate of drug-likeness (QED) is 0.809. The number of likely N-dealkylation sites (tertiary alicyclic amines) is 1. The van der Waals surface area contributed by atoms with Gasteiger partial charge in [0.15, 0.2) is 0 Å². The van der Waals surface area contributed by atoms with E-state index in [-0.39, 0.29) is 5.56 Å². The zero-order chi connectivity index (χ0) is 15.8. The Labute approximate surface area is 134 Å². The minimum absolute atomic E-state index is 0.0456. The molecule has 0 bridgehead atoms. The van der Waals surface area contributed by atoms with Gasteiger partial charge in [0, 0.05) is 18.5 Å². The minimum Gasteiger partial charge on any atom is -0.306 e. The summed E-state index contributed by atoms with van der Waals surface area (Å²) in [7, 11) is 0. The van der Waals surface area contributed by atoms with Gasteiger partial charge in [0.1, 0.15) is 5.65 Å². The number of benzene rings is 1. The molecule has 1 atom stereocenters. The van der Waals surface area contributed by atoms with Crippen molar-refractivity contribution in [2.24, 2.45) is 0 Å². The van der Waals surface area contributed by atoms with Crippen LogP contribution in [-0.4, -0.2) is 39.1 Å². The fourth-order valence-corrected chi connectivity index (χ4v) is 3.72. The summed E-state index contributed by atoms with van der Waals surface area (Å²) in [5.41, 5.74) is 2.71. The van der Waals surface area contributed by atoms with Crippen LogP contribution in [0.25, 0.3) is 16.6 Å². The summed E-state index contributed by atoms with van der Waals surface area (Å²) in [6, 6.07) is 9.69. The largest absolute Gasteiger partial charge is 0.306 e. The molecule has 1 unspecified atom stereocenters. The van der Waals surface area contributed by atoms with E-state index in [2.05, 4.69) is 16.8 Å². The Morgan fingerprint density at radius 1 is 1.35 bits per heavy atom. The van der Waals surface area contributed by atoms with E-state index in [0.717, 1.165) is 29.9 Å². The molecule has 1 fully saturated rings. The van der Waals surface area contributed by atoms with Crippen LogP contribution < -0.4 is 5.56 Å². The first kappa shape index (κ1) is 14.5. The van der Waals surface area contributed by atoms with Crippen molar-refractivity contribution in [2.75, 3.05) is 19.6 Å². The van der Waals surface area contributed by atoms with E-state index in [4.69, 9.17) is 5.10 Å². The molecule has 1 aliphatic heterocycles. The zero-order valence-corrected chi connectivity index (χ0v) is 13.5. The SMILES string of the molecule is CCCN1CCCC(c2cc3[nH]c(=O)c4ccccc4n3n2)C1. The Balaban J connectivity index is 1.77. The summed E-state index contributed by atoms with van der Waals surface area (Å²) in [5, 5.41) is 5.51. The van der Waals surface area contributed by atoms with Crippen molar-refractivity contribution >= 4 is 16.6 Å². The van der Waals surface area contributed by atoms with E-state index in [0.29, 0.717) is 11.3 Å². The number of rotatable bonds is 3. The van der Waals surface area contributed by atoms with Gasteiger partial charge >= 0.3 is 0 Å². The number of H-pyrrole nitrogens is 1. The molecular weight excluding hydrogens is 288 g/mol. The van der Waals surface area contributed by atoms with Crippen molar-refractivity contribution < 1.29 is 0 Å². The van der Waals surface area contributed by atoms with E-state index < -0.39 is 0 Å². The zero-order valence-electron chi connectivity index (χ0n) is 13.5. The molecule has 5 heteroatoms. The van der Waals surface area contributed by atoms with E-state index in [1.165, 1.54) is 25.8 Å². The summed E-state index contributed by atoms with van der Waals surface area (Å²) >= 11 is 0. The second kappa shape index (κ2) is 5.81. The highest BCUT2D eigenvalue weighted by Crippen LogP contribution is 2.27. The maximum Gasteiger partial charge on any atom is 0.259 e. The molecule has 1 aromatic carbocycles. The molecule has 0 saturated carbocycles. The first-order valence-electron chi connectivity index (χ1n) is 8.49. The molecule has 0 radical (unpaired) electrons. The third kappa shape index (κ3) is 2.55. The van der Waals surface area contributed by atoms with Crippen LogP contribution in [0.1, 0.15) is 37.8 Å². The van der Waals surface area contributed by atoms with Crippen LogP contribution in [0.15, 0.2) is 35.1 Å². The lowest BCUT2D eigenvalue weighted by Gasteiger charge is -2.31. The first-order chi connectivity index (χ1) is 11.3. The Bertz CT molecular complexity index is 893. The van der Waals surface area contributed by atoms with Gasteiger partial charge in [-0.05, 0) is 44.5 Å². The number of hydrogen-bond acceptors (Lipinski definition) is 3. The standard InChI is InChI=1S/C18H22N4O/c1-2-9-21-10-5-6-13(12-21)15-11-17-19-18(23)14-7-3-4-8-16(14)22(17)20-15/h3-4,7-8,11,13H,2,5-6,9-10,12H2,1H3,(H,19,23). The molecule has 1 N–H and O–H groups in total. The molecular formula is C18H22N4O. The average molecular weight is 310 g/mol. The maximum atomic E-state index is 12.2. The molecule has 5 nitrogen and oxygen atoms in total. The molecule has 23 heavy (non-hydrogen) atoms. The Kier molecular flexibility index (Phi) is 3.65. The van der Waals surface area contributed by atoms with Crippen LogP contribution in [0.5, 0.6) is 0 Å². The number of aromatic amines is 1. The van der Waals surface area contributed by atoms with Crippen LogP contribution >= 0.6 is 0 Å². The van der Waals surface area contributed by atoms with Gasteiger partial charge in [0.2, 0.25) is 0 Å². The van der Waals surface area contributed by atoms with Gasteiger partial charge in [-0.15, -0.1) is 0 Å². The third-order valence-corrected chi connectivity index (χ3v) is 4.81. The number of piperidine rings is 1. The average Bonchev–Trinajstić information content (AvgIpc) is 3.00. The van der Waals surface area contributed by atoms with Crippen molar-refractivity contribution in [1.29, 1.82) is 0 Å². The number of nitrogens with one attached hydrogen (secondary N) is 1. The van der Waals surface area contributed by atoms with E-state index in [1.54, 1.807) is 0 Å². The molecule has 1 saturated heterocycles. The number of fused-ring (bicyclic) bond motifs is 3. The molecule has 3 aromatic rings. The topological polar surface area (TPSA) is 53.4 Å². The molecule has 0 aliphatic carbocycles. The lowest BCUT2D eigenvalue weighted by molar-refractivity contribution is 0.206. The van der Waals surface area contributed by atoms with Crippen LogP contribution in [0, 0.1) is 0 Å². The summed E-state index contributed by atoms with van der Waals surface area (Å²) in [5.74, 6) is 0.456. The molecule has 120 valence electrons. The molecule has 3 heterocycles. The van der Waals surface area contributed by atoms with Gasteiger partial charge in [-0.1, -0.05) is 19.1 Å². The summed E-state index contributed by atoms with van der Waals surface area (Å²) in [6.07, 6.45) is 3.58. The fraction of sp³-hybridized carbons (Fsp3) is 0.444. The minimum atomic E-state index is -0.0456. The van der Waals surface area contributed by atoms with Crippen molar-refractivity contribution in [3.8, 4) is 0 Å². The molecule has 4 rings (SSSR count). The number of nitrogens with zero attached hydrogens (tertiary/aromatic N) is 3. The van der Waals surface area contributed by atoms with Gasteiger partial charge in [0.05, 0.1) is 16.6 Å². The molecule has 0 amide bonds. The van der Waals surface area contributed by atoms with Crippen LogP contribution in [-0.2, 0) is 0 Å². The summed E-state index contributed by atoms with van der Waals surface area (Å²) in [6.45, 7) is 5.65. The third-order valence-electron chi connectivity index (χ3n) is 4.81. The van der Waals surface area contributed by atoms with Crippen LogP contribution in [0.3, 0.4) is 0 Å². The Morgan fingerprint density at radius 2 is 2.22 bits per heavy atom. The second-order valence-corrected chi connectivity index (χ2v) is 6.48. The van der Waals surface area contributed by atoms with Gasteiger partial charge < -0.3 is 9.88 Å². The second-order valence-electron chi connectivity index (χ2n) is 6.48. The van der Waals surface area contributed by atoms with E-state index >= 15 is 0 Å². The highest BCUT2D eigenvalue weighted by atomic mass is 16.1. The lowest BCUT2D eigenvalue weighted by atomic mass is 9.95. The first-order valence-corrected chi connectivity index (χ1v) is 8.49. The van der Waals surface area contributed by atoms with E-state index in [9.17, 15) is 4.79 Å². The molecule has 2 aromatic heterocycles. The van der Waals surface area contributed by atoms with Crippen molar-refractivity contribution in [3.63, 3.8) is 0 Å². The molecule has 1 aliphatic rings. The predicted octanol–water partition coefficient (Wildman–Crippen LogP) is 2.77. The Hall–Kier alpha value is -2.14. The van der Waals surface area contributed by atoms with Crippen molar-refractivity contribution in [1.82, 2.24) is 19.5 Å². The lowest BCUT2D eigenvalue weighted by Crippen LogP contribution is -2.35. The number of aromatic nitrogens is 3. The van der Waals surface area contributed by atoms with Gasteiger partial charge in [-0.2, -0.15) is 5.10 Å². The molecule has 0 spiro atoms. The Morgan fingerprint density at radius 3 is 3.09 bits per heavy atom. The monoisotopic (exact) mass is 310 g/mol. The van der Waals surface area contributed by atoms with Crippen LogP contribution in [0.2, 0.25) is 0 Å². The maximum absolute atomic E-state index is 12.2. The van der Waals surface area contributed by atoms with Gasteiger partial charge in [-0.3, -0.25) is 4.79 Å². The summed E-state index contributed by atoms with van der Waals surface area (Å²) in [4.78, 5) is 17.7. The van der Waals surface area contributed by atoms with Crippen molar-refractivity contribution in [2.45, 2.75) is 32.1 Å². The van der Waals surface area contributed by atoms with E-state index in [1.807, 2.05) is 34.8 Å². The highest BCUT2D eigenvalue weighted by molar-refractivity contribution is 5.80. The highest BCUT2D eigenvalue weighted by Gasteiger charge is 2.23. The summed E-state index contributed by atoms with van der Waals surface area (Å²) < 4.78 is 1.88. The normalized spacial score (nSPS) is 19.6. The number of para-hydroxylation sites is 1. The smallest absolute Gasteiger partial charge is 0.259 e.